The average molecular weight is 660 g/mol. The van der Waals surface area contributed by atoms with Crippen molar-refractivity contribution in [3.05, 3.63) is 65.2 Å². The second kappa shape index (κ2) is 12.2. The molecule has 2 aromatic carbocycles. The fraction of sp³-hybridized carbons (Fsp3) is 0.500. The van der Waals surface area contributed by atoms with Gasteiger partial charge in [-0.05, 0) is 86.1 Å². The summed E-state index contributed by atoms with van der Waals surface area (Å²) in [6.45, 7) is 12.4. The molecule has 11 heteroatoms. The van der Waals surface area contributed by atoms with Gasteiger partial charge in [0.1, 0.15) is 6.61 Å². The van der Waals surface area contributed by atoms with Crippen molar-refractivity contribution in [2.24, 2.45) is 10.8 Å². The zero-order valence-corrected chi connectivity index (χ0v) is 28.9. The highest BCUT2D eigenvalue weighted by atomic mass is 32.2. The van der Waals surface area contributed by atoms with Crippen LogP contribution >= 0.6 is 0 Å². The van der Waals surface area contributed by atoms with E-state index in [9.17, 15) is 18.0 Å². The largest absolute Gasteiger partial charge is 0.475 e. The molecule has 2 fully saturated rings. The predicted octanol–water partition coefficient (Wildman–Crippen LogP) is 6.04. The molecule has 250 valence electrons. The Kier molecular flexibility index (Phi) is 8.57. The summed E-state index contributed by atoms with van der Waals surface area (Å²) in [6, 6.07) is 13.7. The second-order valence-corrected chi connectivity index (χ2v) is 16.5. The average Bonchev–Trinajstić information content (AvgIpc) is 2.96. The third kappa shape index (κ3) is 6.86. The van der Waals surface area contributed by atoms with Crippen LogP contribution in [-0.4, -0.2) is 59.8 Å². The number of carbonyl (C=O) groups is 2. The van der Waals surface area contributed by atoms with E-state index in [2.05, 4.69) is 40.8 Å². The smallest absolute Gasteiger partial charge is 0.264 e. The summed E-state index contributed by atoms with van der Waals surface area (Å²) >= 11 is 0. The lowest BCUT2D eigenvalue weighted by Gasteiger charge is -2.61. The zero-order valence-electron chi connectivity index (χ0n) is 28.1. The van der Waals surface area contributed by atoms with Crippen molar-refractivity contribution in [2.45, 2.75) is 103 Å². The van der Waals surface area contributed by atoms with Crippen molar-refractivity contribution in [3.63, 3.8) is 0 Å². The van der Waals surface area contributed by atoms with Crippen LogP contribution in [-0.2, 0) is 14.8 Å². The summed E-state index contributed by atoms with van der Waals surface area (Å²) in [4.78, 5) is 37.5. The van der Waals surface area contributed by atoms with E-state index in [4.69, 9.17) is 4.74 Å². The maximum absolute atomic E-state index is 14.5. The van der Waals surface area contributed by atoms with Crippen molar-refractivity contribution in [3.8, 4) is 17.1 Å². The molecule has 0 saturated heterocycles. The molecule has 2 heterocycles. The van der Waals surface area contributed by atoms with E-state index in [0.29, 0.717) is 24.1 Å². The number of aromatic nitrogens is 2. The highest BCUT2D eigenvalue weighted by Gasteiger charge is 2.56. The molecular formula is C36H45N5O5S. The van der Waals surface area contributed by atoms with Gasteiger partial charge in [-0.2, -0.15) is 4.98 Å². The minimum Gasteiger partial charge on any atom is -0.475 e. The van der Waals surface area contributed by atoms with Crippen LogP contribution < -0.4 is 14.8 Å². The number of benzene rings is 2. The number of sulfonamides is 1. The summed E-state index contributed by atoms with van der Waals surface area (Å²) < 4.78 is 36.3. The van der Waals surface area contributed by atoms with Gasteiger partial charge < -0.3 is 15.0 Å². The quantitative estimate of drug-likeness (QED) is 0.342. The maximum Gasteiger partial charge on any atom is 0.264 e. The number of rotatable bonds is 5. The van der Waals surface area contributed by atoms with Crippen LogP contribution in [0.2, 0.25) is 0 Å². The van der Waals surface area contributed by atoms with Gasteiger partial charge in [0.15, 0.2) is 0 Å². The standard InChI is InChI=1S/C36H45N5O5S/c1-7-30(42)37-25-16-36(17-25)19-26(20-36)41-27(18-35(4,5)6)21-46-31-15-29(32-22(2)10-8-11-23(32)3)38-34(39-31)40-47(44,45)28-13-9-12-24(14-28)33(41)43/h8-15,25-27H,7,16-21H2,1-6H3,(H,37,42)(H,38,39,40)/t25?,26?,27-,36?/m1/s1. The first-order valence-electron chi connectivity index (χ1n) is 16.5. The van der Waals surface area contributed by atoms with Gasteiger partial charge in [0.05, 0.1) is 16.6 Å². The van der Waals surface area contributed by atoms with Crippen molar-refractivity contribution < 1.29 is 22.7 Å². The van der Waals surface area contributed by atoms with Crippen molar-refractivity contribution in [1.82, 2.24) is 20.2 Å². The third-order valence-electron chi connectivity index (χ3n) is 9.73. The first-order chi connectivity index (χ1) is 22.1. The molecule has 3 aliphatic rings. The summed E-state index contributed by atoms with van der Waals surface area (Å²) in [7, 11) is -4.14. The SMILES string of the molecule is CCC(=O)NC1CC2(C1)CC(N1C(=O)c3cccc(c3)S(=O)(=O)Nc3nc(cc(-c4c(C)cccc4C)n3)OC[C@H]1CC(C)(C)C)C2. The van der Waals surface area contributed by atoms with E-state index in [1.54, 1.807) is 18.2 Å². The number of anilines is 1. The monoisotopic (exact) mass is 659 g/mol. The van der Waals surface area contributed by atoms with E-state index in [-0.39, 0.29) is 64.1 Å². The lowest BCUT2D eigenvalue weighted by molar-refractivity contribution is -0.126. The lowest BCUT2D eigenvalue weighted by atomic mass is 9.51. The number of carbonyl (C=O) groups excluding carboxylic acids is 2. The van der Waals surface area contributed by atoms with Crippen LogP contribution in [0.4, 0.5) is 5.95 Å². The molecular weight excluding hydrogens is 614 g/mol. The van der Waals surface area contributed by atoms with E-state index >= 15 is 0 Å². The third-order valence-corrected chi connectivity index (χ3v) is 11.1. The molecule has 0 unspecified atom stereocenters. The summed E-state index contributed by atoms with van der Waals surface area (Å²) in [5.74, 6) is -0.0272. The molecule has 1 aliphatic heterocycles. The molecule has 1 spiro atoms. The number of ether oxygens (including phenoxy) is 1. The number of hydrogen-bond acceptors (Lipinski definition) is 7. The Labute approximate surface area is 277 Å². The van der Waals surface area contributed by atoms with Gasteiger partial charge in [0.2, 0.25) is 17.7 Å². The lowest BCUT2D eigenvalue weighted by Crippen LogP contribution is -2.64. The van der Waals surface area contributed by atoms with E-state index < -0.39 is 10.0 Å². The van der Waals surface area contributed by atoms with Crippen molar-refractivity contribution >= 4 is 27.8 Å². The van der Waals surface area contributed by atoms with Gasteiger partial charge in [-0.1, -0.05) is 52.0 Å². The van der Waals surface area contributed by atoms with Crippen LogP contribution in [0.25, 0.3) is 11.3 Å². The number of nitrogens with one attached hydrogen (secondary N) is 2. The fourth-order valence-electron chi connectivity index (χ4n) is 7.66. The predicted molar refractivity (Wildman–Crippen MR) is 181 cm³/mol. The molecule has 2 saturated carbocycles. The van der Waals surface area contributed by atoms with Gasteiger partial charge in [0.25, 0.3) is 15.9 Å². The highest BCUT2D eigenvalue weighted by Crippen LogP contribution is 2.58. The molecule has 6 rings (SSSR count). The Morgan fingerprint density at radius 2 is 1.72 bits per heavy atom. The van der Waals surface area contributed by atoms with Gasteiger partial charge in [-0.25, -0.2) is 18.1 Å². The van der Waals surface area contributed by atoms with Crippen molar-refractivity contribution in [1.29, 1.82) is 0 Å². The van der Waals surface area contributed by atoms with E-state index in [1.165, 1.54) is 12.1 Å². The Morgan fingerprint density at radius 1 is 1.04 bits per heavy atom. The Hall–Kier alpha value is -3.99. The molecule has 3 aromatic rings. The van der Waals surface area contributed by atoms with E-state index in [0.717, 1.165) is 42.4 Å². The molecule has 0 radical (unpaired) electrons. The van der Waals surface area contributed by atoms with Crippen LogP contribution in [0.5, 0.6) is 5.88 Å². The zero-order chi connectivity index (χ0) is 33.7. The topological polar surface area (TPSA) is 131 Å². The Balaban J connectivity index is 1.40. The number of amides is 2. The highest BCUT2D eigenvalue weighted by molar-refractivity contribution is 7.92. The normalized spacial score (nSPS) is 25.2. The summed E-state index contributed by atoms with van der Waals surface area (Å²) in [5.41, 5.74) is 3.66. The molecule has 1 atom stereocenters. The first kappa shape index (κ1) is 32.9. The van der Waals surface area contributed by atoms with Crippen LogP contribution in [0.15, 0.2) is 53.4 Å². The molecule has 4 bridgehead atoms. The minimum atomic E-state index is -4.14. The minimum absolute atomic E-state index is 0.0444. The molecule has 2 aliphatic carbocycles. The van der Waals surface area contributed by atoms with Gasteiger partial charge in [-0.15, -0.1) is 0 Å². The van der Waals surface area contributed by atoms with Crippen LogP contribution in [0.3, 0.4) is 0 Å². The van der Waals surface area contributed by atoms with Crippen LogP contribution in [0, 0.1) is 24.7 Å². The number of hydrogen-bond donors (Lipinski definition) is 2. The van der Waals surface area contributed by atoms with Gasteiger partial charge >= 0.3 is 0 Å². The Bertz CT molecular complexity index is 1780. The molecule has 2 N–H and O–H groups in total. The first-order valence-corrected chi connectivity index (χ1v) is 18.0. The van der Waals surface area contributed by atoms with Gasteiger partial charge in [0, 0.05) is 35.7 Å². The number of aryl methyl sites for hydroxylation is 2. The molecule has 10 nitrogen and oxygen atoms in total. The molecule has 1 aromatic heterocycles. The summed E-state index contributed by atoms with van der Waals surface area (Å²) in [6.07, 6.45) is 4.59. The van der Waals surface area contributed by atoms with Crippen LogP contribution in [0.1, 0.15) is 87.7 Å². The van der Waals surface area contributed by atoms with Gasteiger partial charge in [-0.3, -0.25) is 9.59 Å². The molecule has 2 amide bonds. The fourth-order valence-corrected chi connectivity index (χ4v) is 8.65. The number of nitrogens with zero attached hydrogens (tertiary/aromatic N) is 3. The van der Waals surface area contributed by atoms with Crippen molar-refractivity contribution in [2.75, 3.05) is 11.3 Å². The Morgan fingerprint density at radius 3 is 2.38 bits per heavy atom. The number of fused-ring (bicyclic) bond motifs is 4. The second-order valence-electron chi connectivity index (χ2n) is 14.8. The van der Waals surface area contributed by atoms with E-state index in [1.807, 2.05) is 43.9 Å². The molecule has 47 heavy (non-hydrogen) atoms. The maximum atomic E-state index is 14.5. The summed E-state index contributed by atoms with van der Waals surface area (Å²) in [5, 5.41) is 3.11.